The number of aromatic nitrogens is 4. The fourth-order valence-electron chi connectivity index (χ4n) is 4.00. The third kappa shape index (κ3) is 5.39. The highest BCUT2D eigenvalue weighted by atomic mass is 31.8. The number of amides is 1. The van der Waals surface area contributed by atoms with Crippen LogP contribution in [0.3, 0.4) is 0 Å². The Kier molecular flexibility index (Phi) is 7.79. The van der Waals surface area contributed by atoms with E-state index < -0.39 is 7.00 Å². The van der Waals surface area contributed by atoms with E-state index in [-0.39, 0.29) is 12.3 Å². The number of carbonyl (C=O) groups is 1. The number of anilines is 2. The quantitative estimate of drug-likeness (QED) is 0.389. The Morgan fingerprint density at radius 1 is 1.15 bits per heavy atom. The Labute approximate surface area is 201 Å². The lowest BCUT2D eigenvalue weighted by Gasteiger charge is -2.22. The van der Waals surface area contributed by atoms with Gasteiger partial charge in [0.05, 0.1) is 26.2 Å². The predicted molar refractivity (Wildman–Crippen MR) is 137 cm³/mol. The van der Waals surface area contributed by atoms with Gasteiger partial charge in [0.1, 0.15) is 18.6 Å². The molecule has 3 aromatic rings. The summed E-state index contributed by atoms with van der Waals surface area (Å²) < 4.78 is 13.7. The van der Waals surface area contributed by atoms with E-state index in [2.05, 4.69) is 18.5 Å². The summed E-state index contributed by atoms with van der Waals surface area (Å²) in [6.07, 6.45) is 5.39. The molecule has 34 heavy (non-hydrogen) atoms. The number of rotatable bonds is 11. The van der Waals surface area contributed by atoms with Gasteiger partial charge in [-0.2, -0.15) is 0 Å². The van der Waals surface area contributed by atoms with Crippen LogP contribution >= 0.6 is 15.5 Å². The van der Waals surface area contributed by atoms with Gasteiger partial charge in [0.25, 0.3) is 0 Å². The SMILES string of the molecule is CCOP(=P)(CCCn1ccnc1-c1nc(N)c2c(n1)N(Cc1ccccc1)C(=O)C2)OCC. The zero-order valence-electron chi connectivity index (χ0n) is 19.5. The minimum Gasteiger partial charge on any atom is -0.383 e. The number of nitrogens with zero attached hydrogens (tertiary/aromatic N) is 5. The van der Waals surface area contributed by atoms with E-state index in [9.17, 15) is 4.79 Å². The van der Waals surface area contributed by atoms with E-state index in [1.807, 2.05) is 54.9 Å². The molecule has 1 aliphatic rings. The smallest absolute Gasteiger partial charge is 0.233 e. The molecule has 1 aliphatic heterocycles. The number of fused-ring (bicyclic) bond motifs is 1. The topological polar surface area (TPSA) is 108 Å². The maximum atomic E-state index is 12.8. The standard InChI is InChI=1S/C23H30N6O3P2/c1-3-31-34(33,32-4-2)14-8-12-28-13-11-25-23(28)21-26-20(24)18-15-19(30)29(22(18)27-21)16-17-9-6-5-7-10-17/h5-7,9-11,13,33H,3-4,8,12,14-16H2,1-2H3,(H2,24,26,27). The van der Waals surface area contributed by atoms with Gasteiger partial charge in [-0.05, 0) is 25.8 Å². The monoisotopic (exact) mass is 500 g/mol. The summed E-state index contributed by atoms with van der Waals surface area (Å²) in [7, 11) is 1.67. The van der Waals surface area contributed by atoms with Crippen molar-refractivity contribution in [3.63, 3.8) is 0 Å². The lowest BCUT2D eigenvalue weighted by atomic mass is 10.2. The molecule has 9 nitrogen and oxygen atoms in total. The largest absolute Gasteiger partial charge is 0.383 e. The Hall–Kier alpha value is -2.57. The van der Waals surface area contributed by atoms with Crippen molar-refractivity contribution in [1.82, 2.24) is 19.5 Å². The summed E-state index contributed by atoms with van der Waals surface area (Å²) in [5.74, 6) is 1.85. The molecule has 3 heterocycles. The molecule has 0 saturated carbocycles. The van der Waals surface area contributed by atoms with Crippen molar-refractivity contribution in [3.05, 3.63) is 53.9 Å². The highest BCUT2D eigenvalue weighted by molar-refractivity contribution is 7.92. The molecule has 0 saturated heterocycles. The molecule has 11 heteroatoms. The predicted octanol–water partition coefficient (Wildman–Crippen LogP) is 4.38. The first-order chi connectivity index (χ1) is 16.4. The molecule has 0 bridgehead atoms. The summed E-state index contributed by atoms with van der Waals surface area (Å²) in [5, 5.41) is 0. The van der Waals surface area contributed by atoms with E-state index in [4.69, 9.17) is 19.8 Å². The molecule has 1 aromatic carbocycles. The van der Waals surface area contributed by atoms with Gasteiger partial charge in [-0.1, -0.05) is 38.9 Å². The zero-order valence-corrected chi connectivity index (χ0v) is 21.4. The van der Waals surface area contributed by atoms with Crippen molar-refractivity contribution in [2.45, 2.75) is 39.8 Å². The Bertz CT molecular complexity index is 1190. The Morgan fingerprint density at radius 2 is 1.88 bits per heavy atom. The van der Waals surface area contributed by atoms with Gasteiger partial charge >= 0.3 is 0 Å². The normalized spacial score (nSPS) is 13.5. The molecule has 0 spiro atoms. The van der Waals surface area contributed by atoms with Gasteiger partial charge in [-0.3, -0.25) is 9.69 Å². The molecule has 0 aliphatic carbocycles. The highest BCUT2D eigenvalue weighted by Crippen LogP contribution is 2.54. The number of nitrogens with two attached hydrogens (primary N) is 1. The summed E-state index contributed by atoms with van der Waals surface area (Å²) in [6, 6.07) is 9.83. The number of carbonyl (C=O) groups excluding carboxylic acids is 1. The Morgan fingerprint density at radius 3 is 2.59 bits per heavy atom. The second-order valence-corrected chi connectivity index (χ2v) is 12.3. The van der Waals surface area contributed by atoms with Crippen LogP contribution in [-0.4, -0.2) is 44.8 Å². The van der Waals surface area contributed by atoms with E-state index in [0.717, 1.165) is 18.1 Å². The van der Waals surface area contributed by atoms with Crippen LogP contribution in [0.4, 0.5) is 11.6 Å². The van der Waals surface area contributed by atoms with Gasteiger partial charge in [-0.15, -0.1) is 0 Å². The van der Waals surface area contributed by atoms with Crippen molar-refractivity contribution < 1.29 is 13.8 Å². The minimum atomic E-state index is -2.07. The summed E-state index contributed by atoms with van der Waals surface area (Å²) in [5.41, 5.74) is 7.96. The second kappa shape index (κ2) is 10.8. The lowest BCUT2D eigenvalue weighted by Crippen LogP contribution is -2.26. The third-order valence-electron chi connectivity index (χ3n) is 5.53. The van der Waals surface area contributed by atoms with Crippen LogP contribution in [0.25, 0.3) is 11.6 Å². The number of aryl methyl sites for hydroxylation is 1. The molecule has 0 radical (unpaired) electrons. The van der Waals surface area contributed by atoms with Crippen LogP contribution in [0, 0.1) is 0 Å². The molecule has 2 N–H and O–H groups in total. The molecule has 2 aromatic heterocycles. The molecular weight excluding hydrogens is 470 g/mol. The van der Waals surface area contributed by atoms with Crippen molar-refractivity contribution in [1.29, 1.82) is 0 Å². The van der Waals surface area contributed by atoms with Crippen LogP contribution in [0.1, 0.15) is 31.4 Å². The number of nitrogen functional groups attached to an aromatic ring is 1. The van der Waals surface area contributed by atoms with Crippen LogP contribution in [0.15, 0.2) is 42.7 Å². The molecule has 0 atom stereocenters. The van der Waals surface area contributed by atoms with Crippen molar-refractivity contribution in [2.24, 2.45) is 0 Å². The molecule has 1 amide bonds. The summed E-state index contributed by atoms with van der Waals surface area (Å²) in [4.78, 5) is 28.1. The maximum absolute atomic E-state index is 12.8. The number of benzene rings is 1. The average Bonchev–Trinajstić information content (AvgIpc) is 3.40. The third-order valence-corrected chi connectivity index (χ3v) is 9.23. The molecule has 0 unspecified atom stereocenters. The summed E-state index contributed by atoms with van der Waals surface area (Å²) in [6.45, 7) is 6.23. The lowest BCUT2D eigenvalue weighted by molar-refractivity contribution is -0.117. The van der Waals surface area contributed by atoms with E-state index >= 15 is 0 Å². The van der Waals surface area contributed by atoms with E-state index in [0.29, 0.717) is 55.2 Å². The first-order valence-electron chi connectivity index (χ1n) is 11.4. The zero-order chi connectivity index (χ0) is 24.1. The van der Waals surface area contributed by atoms with Crippen LogP contribution < -0.4 is 10.6 Å². The number of hydrogen-bond donors (Lipinski definition) is 1. The van der Waals surface area contributed by atoms with Crippen LogP contribution in [0.5, 0.6) is 0 Å². The fourth-order valence-corrected chi connectivity index (χ4v) is 6.98. The van der Waals surface area contributed by atoms with Gasteiger partial charge in [0.15, 0.2) is 11.6 Å². The fraction of sp³-hybridized carbons (Fsp3) is 0.391. The van der Waals surface area contributed by atoms with Crippen molar-refractivity contribution in [2.75, 3.05) is 30.0 Å². The molecule has 0 fully saturated rings. The molecule has 180 valence electrons. The summed E-state index contributed by atoms with van der Waals surface area (Å²) >= 11 is 0. The van der Waals surface area contributed by atoms with Crippen LogP contribution in [-0.2, 0) is 33.4 Å². The van der Waals surface area contributed by atoms with Crippen molar-refractivity contribution >= 4 is 33.1 Å². The molecular formula is C23H30N6O3P2. The first kappa shape index (κ1) is 24.6. The van der Waals surface area contributed by atoms with Crippen molar-refractivity contribution in [3.8, 4) is 11.6 Å². The van der Waals surface area contributed by atoms with E-state index in [1.54, 1.807) is 11.1 Å². The van der Waals surface area contributed by atoms with Gasteiger partial charge in [0.2, 0.25) is 5.91 Å². The van der Waals surface area contributed by atoms with E-state index in [1.165, 1.54) is 0 Å². The average molecular weight is 500 g/mol. The second-order valence-electron chi connectivity index (χ2n) is 7.91. The maximum Gasteiger partial charge on any atom is 0.233 e. The number of imidazole rings is 1. The van der Waals surface area contributed by atoms with Gasteiger partial charge < -0.3 is 19.3 Å². The molecule has 4 rings (SSSR count). The minimum absolute atomic E-state index is 0.0374. The Balaban J connectivity index is 1.55. The van der Waals surface area contributed by atoms with Crippen LogP contribution in [0.2, 0.25) is 0 Å². The number of hydrogen-bond acceptors (Lipinski definition) is 7. The highest BCUT2D eigenvalue weighted by Gasteiger charge is 2.32. The first-order valence-corrected chi connectivity index (χ1v) is 14.5. The van der Waals surface area contributed by atoms with Gasteiger partial charge in [0, 0.05) is 30.7 Å². The van der Waals surface area contributed by atoms with Gasteiger partial charge in [-0.25, -0.2) is 15.0 Å².